The zero-order valence-corrected chi connectivity index (χ0v) is 16.6. The Balaban J connectivity index is 2.14. The maximum absolute atomic E-state index is 10.8. The first kappa shape index (κ1) is 11.1. The van der Waals surface area contributed by atoms with Crippen LogP contribution in [0.1, 0.15) is 80.4 Å². The molecular weight excluding hydrogens is 378 g/mol. The zero-order chi connectivity index (χ0) is 33.9. The molecule has 0 aliphatic rings. The van der Waals surface area contributed by atoms with Crippen molar-refractivity contribution in [1.82, 2.24) is 5.32 Å². The minimum Gasteiger partial charge on any atom is -0.508 e. The molecule has 0 aliphatic carbocycles. The van der Waals surface area contributed by atoms with E-state index in [1.165, 1.54) is 5.32 Å². The number of ether oxygens (including phenoxy) is 1. The lowest BCUT2D eigenvalue weighted by Crippen LogP contribution is -2.22. The van der Waals surface area contributed by atoms with Crippen LogP contribution in [0.2, 0.25) is 0 Å². The second-order valence-electron chi connectivity index (χ2n) is 6.21. The summed E-state index contributed by atoms with van der Waals surface area (Å²) >= 11 is 0. The van der Waals surface area contributed by atoms with Crippen LogP contribution in [-0.4, -0.2) is 41.5 Å². The molecule has 4 N–H and O–H groups in total. The largest absolute Gasteiger partial charge is 0.508 e. The lowest BCUT2D eigenvalue weighted by Gasteiger charge is -2.14. The summed E-state index contributed by atoms with van der Waals surface area (Å²) in [5, 5.41) is 31.7. The van der Waals surface area contributed by atoms with E-state index in [-0.39, 0.29) is 6.61 Å². The fourth-order valence-corrected chi connectivity index (χ4v) is 2.36. The molecule has 0 spiro atoms. The number of aliphatic hydroxyl groups excluding tert-OH is 1. The third-order valence-corrected chi connectivity index (χ3v) is 3.92. The highest BCUT2D eigenvalue weighted by Crippen LogP contribution is 2.22. The van der Waals surface area contributed by atoms with Crippen molar-refractivity contribution in [2.75, 3.05) is 26.2 Å². The molecule has 0 saturated carbocycles. The monoisotopic (exact) mass is 429 g/mol. The number of hydrogen-bond donors (Lipinski definition) is 4. The van der Waals surface area contributed by atoms with Gasteiger partial charge in [-0.05, 0) is 61.7 Å². The summed E-state index contributed by atoms with van der Waals surface area (Å²) in [4.78, 5) is 0. The first-order valence-corrected chi connectivity index (χ1v) is 9.58. The number of hydrogen-bond acceptors (Lipinski definition) is 5. The van der Waals surface area contributed by atoms with Crippen molar-refractivity contribution >= 4 is 0 Å². The third-order valence-electron chi connectivity index (χ3n) is 3.92. The van der Waals surface area contributed by atoms with Gasteiger partial charge in [-0.1, -0.05) is 49.2 Å². The molecule has 30 heavy (non-hydrogen) atoms. The molecule has 0 fully saturated rings. The predicted octanol–water partition coefficient (Wildman–Crippen LogP) is 4.11. The number of aryl methyl sites for hydroxylation is 1. The Hall–Kier alpha value is -1.92. The highest BCUT2D eigenvalue weighted by molar-refractivity contribution is 5.36. The van der Waals surface area contributed by atoms with Crippen molar-refractivity contribution in [3.63, 3.8) is 0 Å². The van der Waals surface area contributed by atoms with Crippen molar-refractivity contribution in [1.29, 1.82) is 0 Å². The van der Waals surface area contributed by atoms with Gasteiger partial charge in [0, 0.05) is 36.2 Å². The maximum atomic E-state index is 10.8. The normalized spacial score (nSPS) is 22.5. The summed E-state index contributed by atoms with van der Waals surface area (Å²) in [6.07, 6.45) is -9.88. The molecule has 5 nitrogen and oxygen atoms in total. The molecule has 0 amide bonds. The molecule has 0 aromatic heterocycles. The molecule has 166 valence electrons. The second kappa shape index (κ2) is 15.0. The average molecular weight is 430 g/mol. The van der Waals surface area contributed by atoms with Gasteiger partial charge in [0.05, 0.1) is 20.9 Å². The first-order valence-electron chi connectivity index (χ1n) is 16.6. The average Bonchev–Trinajstić information content (AvgIpc) is 2.90. The molecule has 0 aliphatic heterocycles. The number of phenols is 1. The molecule has 5 heteroatoms. The van der Waals surface area contributed by atoms with E-state index in [4.69, 9.17) is 23.9 Å². The number of aliphatic hydroxyl groups is 2. The molecule has 2 aromatic carbocycles. The van der Waals surface area contributed by atoms with E-state index in [0.717, 1.165) is 5.56 Å². The number of unbranched alkanes of at least 4 members (excludes halogenated alkanes) is 1. The predicted molar refractivity (Wildman–Crippen MR) is 121 cm³/mol. The molecular formula is C25H37NO4. The van der Waals surface area contributed by atoms with Gasteiger partial charge in [0.25, 0.3) is 0 Å². The van der Waals surface area contributed by atoms with Crippen LogP contribution in [0.15, 0.2) is 48.5 Å². The van der Waals surface area contributed by atoms with Gasteiger partial charge in [-0.25, -0.2) is 0 Å². The minimum absolute atomic E-state index is 0.137. The number of benzene rings is 2. The summed E-state index contributed by atoms with van der Waals surface area (Å²) in [5.74, 6) is -1.01. The van der Waals surface area contributed by atoms with Gasteiger partial charge in [-0.2, -0.15) is 0 Å². The molecule has 0 heterocycles. The van der Waals surface area contributed by atoms with Crippen molar-refractivity contribution in [2.45, 2.75) is 57.5 Å². The zero-order valence-electron chi connectivity index (χ0n) is 30.6. The Morgan fingerprint density at radius 1 is 1.10 bits per heavy atom. The quantitative estimate of drug-likeness (QED) is 0.302. The highest BCUT2D eigenvalue weighted by Gasteiger charge is 2.09. The Kier molecular flexibility index (Phi) is 5.54. The van der Waals surface area contributed by atoms with E-state index < -0.39 is 92.8 Å². The number of nitrogens with one attached hydrogen (secondary N) is 1. The van der Waals surface area contributed by atoms with Crippen molar-refractivity contribution in [3.05, 3.63) is 65.1 Å². The molecule has 0 bridgehead atoms. The molecule has 0 saturated heterocycles. The summed E-state index contributed by atoms with van der Waals surface area (Å²) in [5.41, 5.74) is -0.831. The topological polar surface area (TPSA) is 82.0 Å². The Bertz CT molecular complexity index is 1280. The Morgan fingerprint density at radius 3 is 2.70 bits per heavy atom. The molecule has 2 aromatic rings. The lowest BCUT2D eigenvalue weighted by atomic mass is 10.1. The van der Waals surface area contributed by atoms with Gasteiger partial charge in [0.15, 0.2) is 0 Å². The first-order chi connectivity index (χ1) is 20.0. The van der Waals surface area contributed by atoms with Gasteiger partial charge in [-0.3, -0.25) is 0 Å². The molecule has 1 unspecified atom stereocenters. The van der Waals surface area contributed by atoms with Crippen molar-refractivity contribution in [3.8, 4) is 5.75 Å². The van der Waals surface area contributed by atoms with Crippen LogP contribution in [0, 0.1) is 0 Å². The standard InChI is InChI=1S/C25H37NO4/c27-20-23-18-22(13-14-24(23)28)25(29)19-26-15-7-1-2-8-16-30-17-9-6-12-21-10-4-3-5-11-21/h3-5,10-11,13-14,18,25-29H,1-2,6-9,12,15-17,19-20H2/i7D2,8D2,13D,14D,15D2,16D2,18D,19D2,25D. The van der Waals surface area contributed by atoms with Crippen LogP contribution in [0.25, 0.3) is 0 Å². The van der Waals surface area contributed by atoms with Crippen molar-refractivity contribution < 1.29 is 39.2 Å². The fraction of sp³-hybridized carbons (Fsp3) is 0.520. The van der Waals surface area contributed by atoms with E-state index in [1.54, 1.807) is 0 Å². The number of aromatic hydroxyl groups is 1. The Labute approximate surface area is 200 Å². The summed E-state index contributed by atoms with van der Waals surface area (Å²) in [7, 11) is 0. The van der Waals surface area contributed by atoms with E-state index in [0.29, 0.717) is 19.3 Å². The van der Waals surface area contributed by atoms with Crippen LogP contribution >= 0.6 is 0 Å². The lowest BCUT2D eigenvalue weighted by molar-refractivity contribution is 0.126. The van der Waals surface area contributed by atoms with E-state index in [9.17, 15) is 15.3 Å². The highest BCUT2D eigenvalue weighted by atomic mass is 16.5. The van der Waals surface area contributed by atoms with Crippen molar-refractivity contribution in [2.24, 2.45) is 0 Å². The van der Waals surface area contributed by atoms with Crippen LogP contribution in [-0.2, 0) is 17.8 Å². The van der Waals surface area contributed by atoms with E-state index in [2.05, 4.69) is 0 Å². The molecule has 0 radical (unpaired) electrons. The fourth-order valence-electron chi connectivity index (χ4n) is 2.36. The van der Waals surface area contributed by atoms with Crippen LogP contribution in [0.4, 0.5) is 0 Å². The minimum atomic E-state index is -3.74. The third kappa shape index (κ3) is 9.72. The summed E-state index contributed by atoms with van der Waals surface area (Å²) < 4.78 is 119. The summed E-state index contributed by atoms with van der Waals surface area (Å²) in [6, 6.07) is 6.24. The van der Waals surface area contributed by atoms with Crippen LogP contribution in [0.3, 0.4) is 0 Å². The van der Waals surface area contributed by atoms with Crippen LogP contribution in [0.5, 0.6) is 5.75 Å². The van der Waals surface area contributed by atoms with Gasteiger partial charge in [-0.15, -0.1) is 0 Å². The maximum Gasteiger partial charge on any atom is 0.121 e. The van der Waals surface area contributed by atoms with Gasteiger partial charge < -0.3 is 25.4 Å². The van der Waals surface area contributed by atoms with E-state index in [1.807, 2.05) is 30.3 Å². The Morgan fingerprint density at radius 2 is 1.90 bits per heavy atom. The van der Waals surface area contributed by atoms with Crippen LogP contribution < -0.4 is 5.32 Å². The molecule has 1 atom stereocenters. The number of rotatable bonds is 16. The van der Waals surface area contributed by atoms with Gasteiger partial charge in [0.2, 0.25) is 0 Å². The van der Waals surface area contributed by atoms with Gasteiger partial charge >= 0.3 is 0 Å². The van der Waals surface area contributed by atoms with Gasteiger partial charge in [0.1, 0.15) is 5.75 Å². The SMILES string of the molecule is [2H]c1c([2H])c(C([2H])(O)C([2H])([2H])NC([2H])([2H])C([2H])([2H])CCC([2H])([2H])C([2H])([2H])OCCCCc2ccccc2)c([2H])c(CO)c1O. The van der Waals surface area contributed by atoms with E-state index >= 15 is 0 Å². The second-order valence-corrected chi connectivity index (χ2v) is 6.21. The smallest absolute Gasteiger partial charge is 0.121 e. The molecule has 2 rings (SSSR count). The summed E-state index contributed by atoms with van der Waals surface area (Å²) in [6.45, 7) is -11.2.